The van der Waals surface area contributed by atoms with Crippen molar-refractivity contribution < 1.29 is 9.53 Å². The minimum atomic E-state index is -0.162. The topological polar surface area (TPSA) is 81.1 Å². The minimum Gasteiger partial charge on any atom is -0.495 e. The first kappa shape index (κ1) is 24.9. The highest BCUT2D eigenvalue weighted by atomic mass is 35.5. The molecular formula is C25H23Cl2N5O2S. The van der Waals surface area contributed by atoms with E-state index in [9.17, 15) is 4.79 Å². The second-order valence-corrected chi connectivity index (χ2v) is 9.30. The number of anilines is 2. The van der Waals surface area contributed by atoms with Gasteiger partial charge in [0, 0.05) is 22.9 Å². The summed E-state index contributed by atoms with van der Waals surface area (Å²) < 4.78 is 7.41. The van der Waals surface area contributed by atoms with Gasteiger partial charge in [-0.3, -0.25) is 9.36 Å². The predicted octanol–water partition coefficient (Wildman–Crippen LogP) is 6.32. The van der Waals surface area contributed by atoms with Crippen LogP contribution >= 0.6 is 35.0 Å². The number of ether oxygens (including phenoxy) is 1. The summed E-state index contributed by atoms with van der Waals surface area (Å²) in [6.45, 7) is 0.441. The largest absolute Gasteiger partial charge is 0.495 e. The van der Waals surface area contributed by atoms with Crippen LogP contribution in [0.1, 0.15) is 12.2 Å². The van der Waals surface area contributed by atoms with E-state index in [1.807, 2.05) is 59.2 Å². The number of benzene rings is 3. The van der Waals surface area contributed by atoms with Gasteiger partial charge in [-0.2, -0.15) is 0 Å². The predicted molar refractivity (Wildman–Crippen MR) is 142 cm³/mol. The number of rotatable bonds is 10. The average Bonchev–Trinajstić information content (AvgIpc) is 3.28. The van der Waals surface area contributed by atoms with E-state index in [0.29, 0.717) is 33.2 Å². The molecule has 0 fully saturated rings. The van der Waals surface area contributed by atoms with Crippen molar-refractivity contribution in [1.82, 2.24) is 14.8 Å². The van der Waals surface area contributed by atoms with Gasteiger partial charge in [-0.25, -0.2) is 0 Å². The third-order valence-electron chi connectivity index (χ3n) is 5.02. The lowest BCUT2D eigenvalue weighted by atomic mass is 10.3. The number of hydrogen-bond donors (Lipinski definition) is 2. The van der Waals surface area contributed by atoms with Crippen molar-refractivity contribution >= 4 is 52.2 Å². The first-order chi connectivity index (χ1) is 17.0. The number of hydrogen-bond acceptors (Lipinski definition) is 6. The zero-order valence-electron chi connectivity index (χ0n) is 18.9. The number of halogens is 2. The Hall–Kier alpha value is -3.20. The second kappa shape index (κ2) is 12.0. The number of methoxy groups -OCH3 is 1. The molecule has 1 aromatic heterocycles. The smallest absolute Gasteiger partial charge is 0.225 e. The molecule has 4 aromatic rings. The summed E-state index contributed by atoms with van der Waals surface area (Å²) in [4.78, 5) is 12.5. The highest BCUT2D eigenvalue weighted by Gasteiger charge is 2.16. The van der Waals surface area contributed by atoms with Crippen molar-refractivity contribution in [3.8, 4) is 11.4 Å². The van der Waals surface area contributed by atoms with E-state index in [1.54, 1.807) is 25.3 Å². The lowest BCUT2D eigenvalue weighted by Crippen LogP contribution is -2.13. The molecule has 0 unspecified atom stereocenters. The maximum atomic E-state index is 12.5. The number of amides is 1. The van der Waals surface area contributed by atoms with Crippen LogP contribution in [-0.2, 0) is 11.3 Å². The van der Waals surface area contributed by atoms with E-state index in [-0.39, 0.29) is 12.3 Å². The first-order valence-corrected chi connectivity index (χ1v) is 12.5. The molecular weight excluding hydrogens is 505 g/mol. The molecule has 1 amide bonds. The van der Waals surface area contributed by atoms with Gasteiger partial charge < -0.3 is 15.4 Å². The summed E-state index contributed by atoms with van der Waals surface area (Å²) >= 11 is 13.6. The average molecular weight is 528 g/mol. The number of para-hydroxylation sites is 3. The fourth-order valence-electron chi connectivity index (χ4n) is 3.35. The number of carbonyl (C=O) groups excluding carboxylic acids is 1. The molecule has 35 heavy (non-hydrogen) atoms. The van der Waals surface area contributed by atoms with Crippen LogP contribution in [0.15, 0.2) is 78.0 Å². The summed E-state index contributed by atoms with van der Waals surface area (Å²) in [6, 6.07) is 22.5. The van der Waals surface area contributed by atoms with E-state index in [2.05, 4.69) is 20.8 Å². The molecule has 0 spiro atoms. The van der Waals surface area contributed by atoms with Crippen LogP contribution in [0, 0.1) is 0 Å². The van der Waals surface area contributed by atoms with Gasteiger partial charge in [-0.1, -0.05) is 65.3 Å². The molecule has 7 nitrogen and oxygen atoms in total. The summed E-state index contributed by atoms with van der Waals surface area (Å²) in [7, 11) is 1.64. The quantitative estimate of drug-likeness (QED) is 0.235. The van der Waals surface area contributed by atoms with Gasteiger partial charge in [-0.05, 0) is 42.5 Å². The highest BCUT2D eigenvalue weighted by Crippen LogP contribution is 2.28. The number of nitrogens with zero attached hydrogens (tertiary/aromatic N) is 3. The van der Waals surface area contributed by atoms with Gasteiger partial charge >= 0.3 is 0 Å². The minimum absolute atomic E-state index is 0.162. The summed E-state index contributed by atoms with van der Waals surface area (Å²) in [5, 5.41) is 16.6. The van der Waals surface area contributed by atoms with Crippen molar-refractivity contribution in [2.45, 2.75) is 18.1 Å². The van der Waals surface area contributed by atoms with Crippen molar-refractivity contribution in [2.75, 3.05) is 23.5 Å². The van der Waals surface area contributed by atoms with E-state index >= 15 is 0 Å². The lowest BCUT2D eigenvalue weighted by molar-refractivity contribution is -0.115. The zero-order valence-corrected chi connectivity index (χ0v) is 21.2. The van der Waals surface area contributed by atoms with Crippen molar-refractivity contribution in [1.29, 1.82) is 0 Å². The summed E-state index contributed by atoms with van der Waals surface area (Å²) in [5.74, 6) is 1.83. The van der Waals surface area contributed by atoms with Gasteiger partial charge in [0.1, 0.15) is 5.75 Å². The fraction of sp³-hybridized carbons (Fsp3) is 0.160. The molecule has 0 aliphatic rings. The normalized spacial score (nSPS) is 10.7. The third kappa shape index (κ3) is 6.48. The van der Waals surface area contributed by atoms with Crippen LogP contribution in [0.2, 0.25) is 10.0 Å². The third-order valence-corrected chi connectivity index (χ3v) is 6.52. The molecule has 0 radical (unpaired) electrons. The van der Waals surface area contributed by atoms with Gasteiger partial charge in [0.15, 0.2) is 11.0 Å². The van der Waals surface area contributed by atoms with Crippen molar-refractivity contribution in [3.05, 3.63) is 88.7 Å². The first-order valence-electron chi connectivity index (χ1n) is 10.8. The van der Waals surface area contributed by atoms with Crippen LogP contribution in [-0.4, -0.2) is 33.5 Å². The highest BCUT2D eigenvalue weighted by molar-refractivity contribution is 7.99. The summed E-state index contributed by atoms with van der Waals surface area (Å²) in [5.41, 5.74) is 2.29. The summed E-state index contributed by atoms with van der Waals surface area (Å²) in [6.07, 6.45) is 0.268. The molecule has 1 heterocycles. The Bertz CT molecular complexity index is 1300. The molecule has 4 rings (SSSR count). The Balaban J connectivity index is 1.45. The Kier molecular flexibility index (Phi) is 8.52. The Morgan fingerprint density at radius 3 is 2.57 bits per heavy atom. The molecule has 10 heteroatoms. The van der Waals surface area contributed by atoms with Gasteiger partial charge in [-0.15, -0.1) is 10.2 Å². The van der Waals surface area contributed by atoms with Crippen LogP contribution in [0.4, 0.5) is 11.4 Å². The van der Waals surface area contributed by atoms with Crippen LogP contribution < -0.4 is 15.4 Å². The molecule has 180 valence electrons. The zero-order chi connectivity index (χ0) is 24.6. The maximum Gasteiger partial charge on any atom is 0.225 e. The molecule has 0 atom stereocenters. The van der Waals surface area contributed by atoms with Crippen LogP contribution in [0.5, 0.6) is 5.75 Å². The second-order valence-electron chi connectivity index (χ2n) is 7.39. The maximum absolute atomic E-state index is 12.5. The molecule has 0 aliphatic heterocycles. The Morgan fingerprint density at radius 1 is 1.00 bits per heavy atom. The van der Waals surface area contributed by atoms with E-state index < -0.39 is 0 Å². The van der Waals surface area contributed by atoms with E-state index in [1.165, 1.54) is 11.8 Å². The molecule has 2 N–H and O–H groups in total. The molecule has 0 aliphatic carbocycles. The van der Waals surface area contributed by atoms with Crippen molar-refractivity contribution in [2.24, 2.45) is 0 Å². The molecule has 0 saturated heterocycles. The fourth-order valence-corrected chi connectivity index (χ4v) is 4.60. The standard InChI is InChI=1S/C25H23Cl2N5O2S/c1-34-22-10-6-5-9-20(22)28-16-23-30-31-25(32(23)18-7-3-2-4-8-18)35-14-13-24(33)29-21-15-17(26)11-12-19(21)27/h2-12,15,28H,13-14,16H2,1H3,(H,29,33). The van der Waals surface area contributed by atoms with Gasteiger partial charge in [0.05, 0.1) is 30.1 Å². The Morgan fingerprint density at radius 2 is 1.77 bits per heavy atom. The van der Waals surface area contributed by atoms with Crippen LogP contribution in [0.25, 0.3) is 5.69 Å². The SMILES string of the molecule is COc1ccccc1NCc1nnc(SCCC(=O)Nc2cc(Cl)ccc2Cl)n1-c1ccccc1. The van der Waals surface area contributed by atoms with E-state index in [4.69, 9.17) is 27.9 Å². The number of carbonyl (C=O) groups is 1. The number of nitrogens with one attached hydrogen (secondary N) is 2. The molecule has 0 saturated carbocycles. The monoisotopic (exact) mass is 527 g/mol. The number of aromatic nitrogens is 3. The van der Waals surface area contributed by atoms with Gasteiger partial charge in [0.25, 0.3) is 0 Å². The molecule has 3 aromatic carbocycles. The van der Waals surface area contributed by atoms with Crippen molar-refractivity contribution in [3.63, 3.8) is 0 Å². The van der Waals surface area contributed by atoms with Gasteiger partial charge in [0.2, 0.25) is 5.91 Å². The van der Waals surface area contributed by atoms with Crippen LogP contribution in [0.3, 0.4) is 0 Å². The van der Waals surface area contributed by atoms with E-state index in [0.717, 1.165) is 22.9 Å². The number of thioether (sulfide) groups is 1. The lowest BCUT2D eigenvalue weighted by Gasteiger charge is -2.13. The Labute approximate surface area is 217 Å². The molecule has 0 bridgehead atoms.